The second kappa shape index (κ2) is 5.32. The standard InChI is InChI=1S/C12H13BrF2O3/c1-12(2,11(17)18)5-10(16)6-3-9(15)7(13)4-8(6)14/h3-4,10,16H,5H2,1-2H3,(H,17,18). The van der Waals surface area contributed by atoms with E-state index in [2.05, 4.69) is 15.9 Å². The molecule has 18 heavy (non-hydrogen) atoms. The van der Waals surface area contributed by atoms with Gasteiger partial charge in [0.1, 0.15) is 11.6 Å². The summed E-state index contributed by atoms with van der Waals surface area (Å²) in [4.78, 5) is 10.9. The molecule has 1 rings (SSSR count). The quantitative estimate of drug-likeness (QED) is 0.836. The number of aliphatic hydroxyl groups is 1. The van der Waals surface area contributed by atoms with E-state index >= 15 is 0 Å². The van der Waals surface area contributed by atoms with Gasteiger partial charge >= 0.3 is 5.97 Å². The van der Waals surface area contributed by atoms with Gasteiger partial charge in [-0.3, -0.25) is 4.79 Å². The number of benzene rings is 1. The first kappa shape index (κ1) is 15.0. The number of aliphatic hydroxyl groups excluding tert-OH is 1. The Morgan fingerprint density at radius 2 is 1.94 bits per heavy atom. The summed E-state index contributed by atoms with van der Waals surface area (Å²) in [5.41, 5.74) is -1.47. The van der Waals surface area contributed by atoms with Gasteiger partial charge in [0.05, 0.1) is 16.0 Å². The van der Waals surface area contributed by atoms with Gasteiger partial charge in [-0.2, -0.15) is 0 Å². The van der Waals surface area contributed by atoms with Crippen LogP contribution in [0.5, 0.6) is 0 Å². The topological polar surface area (TPSA) is 57.5 Å². The molecule has 0 bridgehead atoms. The fourth-order valence-corrected chi connectivity index (χ4v) is 1.79. The van der Waals surface area contributed by atoms with E-state index in [1.807, 2.05) is 0 Å². The molecule has 0 amide bonds. The Balaban J connectivity index is 3.01. The maximum Gasteiger partial charge on any atom is 0.309 e. The van der Waals surface area contributed by atoms with E-state index in [0.29, 0.717) is 0 Å². The molecule has 0 radical (unpaired) electrons. The lowest BCUT2D eigenvalue weighted by Crippen LogP contribution is -2.26. The molecule has 1 aromatic carbocycles. The number of hydrogen-bond acceptors (Lipinski definition) is 2. The highest BCUT2D eigenvalue weighted by molar-refractivity contribution is 9.10. The van der Waals surface area contributed by atoms with Crippen LogP contribution in [0.25, 0.3) is 0 Å². The van der Waals surface area contributed by atoms with Gasteiger partial charge in [-0.1, -0.05) is 0 Å². The van der Waals surface area contributed by atoms with Crippen molar-refractivity contribution in [2.75, 3.05) is 0 Å². The molecule has 0 saturated carbocycles. The summed E-state index contributed by atoms with van der Waals surface area (Å²) in [6, 6.07) is 1.77. The number of rotatable bonds is 4. The van der Waals surface area contributed by atoms with Crippen LogP contribution in [-0.2, 0) is 4.79 Å². The second-order valence-corrected chi connectivity index (χ2v) is 5.55. The number of halogens is 3. The van der Waals surface area contributed by atoms with Gasteiger partial charge in [0.15, 0.2) is 0 Å². The van der Waals surface area contributed by atoms with Crippen molar-refractivity contribution in [1.82, 2.24) is 0 Å². The van der Waals surface area contributed by atoms with Crippen LogP contribution in [0.1, 0.15) is 31.9 Å². The first-order valence-electron chi connectivity index (χ1n) is 5.21. The molecule has 0 aliphatic heterocycles. The fraction of sp³-hybridized carbons (Fsp3) is 0.417. The minimum atomic E-state index is -1.38. The molecule has 0 spiro atoms. The van der Waals surface area contributed by atoms with Crippen molar-refractivity contribution in [3.63, 3.8) is 0 Å². The maximum absolute atomic E-state index is 13.6. The Morgan fingerprint density at radius 3 is 2.44 bits per heavy atom. The first-order valence-corrected chi connectivity index (χ1v) is 6.00. The molecule has 3 nitrogen and oxygen atoms in total. The number of carbonyl (C=O) groups is 1. The van der Waals surface area contributed by atoms with E-state index in [1.54, 1.807) is 0 Å². The number of hydrogen-bond donors (Lipinski definition) is 2. The van der Waals surface area contributed by atoms with Crippen LogP contribution >= 0.6 is 15.9 Å². The lowest BCUT2D eigenvalue weighted by atomic mass is 9.85. The summed E-state index contributed by atoms with van der Waals surface area (Å²) >= 11 is 2.82. The van der Waals surface area contributed by atoms with Crippen molar-refractivity contribution >= 4 is 21.9 Å². The SMILES string of the molecule is CC(C)(CC(O)c1cc(F)c(Br)cc1F)C(=O)O. The zero-order valence-electron chi connectivity index (χ0n) is 9.88. The minimum Gasteiger partial charge on any atom is -0.481 e. The predicted molar refractivity (Wildman–Crippen MR) is 65.1 cm³/mol. The maximum atomic E-state index is 13.6. The van der Waals surface area contributed by atoms with Crippen LogP contribution in [0.15, 0.2) is 16.6 Å². The van der Waals surface area contributed by atoms with Crippen molar-refractivity contribution in [2.45, 2.75) is 26.4 Å². The summed E-state index contributed by atoms with van der Waals surface area (Å²) in [7, 11) is 0. The van der Waals surface area contributed by atoms with Crippen molar-refractivity contribution in [2.24, 2.45) is 5.41 Å². The van der Waals surface area contributed by atoms with Crippen LogP contribution in [0.3, 0.4) is 0 Å². The molecule has 100 valence electrons. The Bertz CT molecular complexity index is 475. The number of carboxylic acids is 1. The molecule has 0 heterocycles. The average molecular weight is 323 g/mol. The van der Waals surface area contributed by atoms with Crippen LogP contribution in [0.4, 0.5) is 8.78 Å². The lowest BCUT2D eigenvalue weighted by molar-refractivity contribution is -0.148. The first-order chi connectivity index (χ1) is 8.15. The van der Waals surface area contributed by atoms with Crippen molar-refractivity contribution in [3.05, 3.63) is 33.8 Å². The van der Waals surface area contributed by atoms with Crippen molar-refractivity contribution in [3.8, 4) is 0 Å². The molecule has 1 atom stereocenters. The van der Waals surface area contributed by atoms with Crippen LogP contribution in [0.2, 0.25) is 0 Å². The molecule has 0 aliphatic carbocycles. The molecule has 1 unspecified atom stereocenters. The van der Waals surface area contributed by atoms with Gasteiger partial charge in [-0.15, -0.1) is 0 Å². The Morgan fingerprint density at radius 1 is 1.39 bits per heavy atom. The largest absolute Gasteiger partial charge is 0.481 e. The van der Waals surface area contributed by atoms with Crippen LogP contribution in [0, 0.1) is 17.0 Å². The van der Waals surface area contributed by atoms with E-state index in [9.17, 15) is 18.7 Å². The third-order valence-corrected chi connectivity index (χ3v) is 3.29. The summed E-state index contributed by atoms with van der Waals surface area (Å²) < 4.78 is 26.8. The molecule has 2 N–H and O–H groups in total. The van der Waals surface area contributed by atoms with Gasteiger partial charge < -0.3 is 10.2 Å². The zero-order chi connectivity index (χ0) is 14.1. The summed E-state index contributed by atoms with van der Waals surface area (Å²) in [6.45, 7) is 2.82. The van der Waals surface area contributed by atoms with Gasteiger partial charge in [-0.25, -0.2) is 8.78 Å². The average Bonchev–Trinajstić information content (AvgIpc) is 2.22. The molecule has 1 aromatic rings. The van der Waals surface area contributed by atoms with Gasteiger partial charge in [-0.05, 0) is 48.3 Å². The molecule has 0 aromatic heterocycles. The number of aliphatic carboxylic acids is 1. The molecule has 6 heteroatoms. The summed E-state index contributed by atoms with van der Waals surface area (Å²) in [6.07, 6.45) is -1.58. The minimum absolute atomic E-state index is 0.0477. The van der Waals surface area contributed by atoms with E-state index in [4.69, 9.17) is 5.11 Å². The number of carboxylic acid groups (broad SMARTS) is 1. The van der Waals surface area contributed by atoms with Crippen LogP contribution < -0.4 is 0 Å². The highest BCUT2D eigenvalue weighted by Crippen LogP contribution is 2.33. The van der Waals surface area contributed by atoms with E-state index in [-0.39, 0.29) is 16.5 Å². The van der Waals surface area contributed by atoms with E-state index in [1.165, 1.54) is 13.8 Å². The van der Waals surface area contributed by atoms with E-state index in [0.717, 1.165) is 12.1 Å². The predicted octanol–water partition coefficient (Wildman–Crippen LogP) is 3.26. The van der Waals surface area contributed by atoms with E-state index < -0.39 is 29.1 Å². The van der Waals surface area contributed by atoms with Gasteiger partial charge in [0, 0.05) is 5.56 Å². The van der Waals surface area contributed by atoms with Crippen molar-refractivity contribution < 1.29 is 23.8 Å². The third kappa shape index (κ3) is 3.26. The Kier molecular flexibility index (Phi) is 4.45. The third-order valence-electron chi connectivity index (χ3n) is 2.68. The fourth-order valence-electron chi connectivity index (χ4n) is 1.47. The highest BCUT2D eigenvalue weighted by Gasteiger charge is 2.31. The summed E-state index contributed by atoms with van der Waals surface area (Å²) in [5, 5.41) is 18.7. The second-order valence-electron chi connectivity index (χ2n) is 4.70. The normalized spacial score (nSPS) is 13.4. The monoisotopic (exact) mass is 322 g/mol. The van der Waals surface area contributed by atoms with Gasteiger partial charge in [0.2, 0.25) is 0 Å². The smallest absolute Gasteiger partial charge is 0.309 e. The van der Waals surface area contributed by atoms with Crippen LogP contribution in [-0.4, -0.2) is 16.2 Å². The Labute approximate surface area is 112 Å². The molecule has 0 fully saturated rings. The Hall–Kier alpha value is -1.01. The zero-order valence-corrected chi connectivity index (χ0v) is 11.5. The highest BCUT2D eigenvalue weighted by atomic mass is 79.9. The molecular weight excluding hydrogens is 310 g/mol. The lowest BCUT2D eigenvalue weighted by Gasteiger charge is -2.23. The molecular formula is C12H13BrF2O3. The van der Waals surface area contributed by atoms with Crippen molar-refractivity contribution in [1.29, 1.82) is 0 Å². The molecule has 0 saturated heterocycles. The molecule has 0 aliphatic rings. The van der Waals surface area contributed by atoms with Gasteiger partial charge in [0.25, 0.3) is 0 Å². The summed E-state index contributed by atoms with van der Waals surface area (Å²) in [5.74, 6) is -2.60.